The average molecular weight is 367 g/mol. The second-order valence-corrected chi connectivity index (χ2v) is 8.03. The third-order valence-electron chi connectivity index (χ3n) is 6.01. The van der Waals surface area contributed by atoms with Crippen molar-refractivity contribution in [3.63, 3.8) is 0 Å². The minimum absolute atomic E-state index is 0.304. The summed E-state index contributed by atoms with van der Waals surface area (Å²) in [6, 6.07) is -0.581. The standard InChI is InChI=1S/C20H33NO5/c22-17(14-15-8-2-1-3-9-15)19(23)21-12-6-4-10-16(21)20(24)26-18-11-5-7-13-25-18/h15-18,22H,1-14H2/t16-,17+,18?/m0/s1. The molecule has 6 heteroatoms. The quantitative estimate of drug-likeness (QED) is 0.756. The Morgan fingerprint density at radius 2 is 1.73 bits per heavy atom. The number of hydrogen-bond acceptors (Lipinski definition) is 5. The van der Waals surface area contributed by atoms with Crippen molar-refractivity contribution in [2.45, 2.75) is 95.5 Å². The number of piperidine rings is 1. The Morgan fingerprint density at radius 3 is 2.46 bits per heavy atom. The highest BCUT2D eigenvalue weighted by Gasteiger charge is 2.37. The van der Waals surface area contributed by atoms with E-state index in [1.165, 1.54) is 19.3 Å². The van der Waals surface area contributed by atoms with Gasteiger partial charge < -0.3 is 19.5 Å². The van der Waals surface area contributed by atoms with Crippen molar-refractivity contribution in [2.75, 3.05) is 13.2 Å². The molecule has 2 heterocycles. The minimum atomic E-state index is -1.00. The molecule has 0 aromatic rings. The first-order chi connectivity index (χ1) is 12.6. The van der Waals surface area contributed by atoms with Crippen LogP contribution in [-0.2, 0) is 19.1 Å². The van der Waals surface area contributed by atoms with Gasteiger partial charge in [-0.15, -0.1) is 0 Å². The van der Waals surface area contributed by atoms with Crippen molar-refractivity contribution >= 4 is 11.9 Å². The fraction of sp³-hybridized carbons (Fsp3) is 0.900. The normalized spacial score (nSPS) is 29.2. The molecule has 0 aromatic carbocycles. The van der Waals surface area contributed by atoms with E-state index in [0.717, 1.165) is 44.9 Å². The van der Waals surface area contributed by atoms with Gasteiger partial charge >= 0.3 is 5.97 Å². The molecule has 0 radical (unpaired) electrons. The average Bonchev–Trinajstić information content (AvgIpc) is 2.69. The number of esters is 1. The predicted octanol–water partition coefficient (Wildman–Crippen LogP) is 2.77. The lowest BCUT2D eigenvalue weighted by molar-refractivity contribution is -0.194. The molecule has 1 aliphatic carbocycles. The van der Waals surface area contributed by atoms with Crippen molar-refractivity contribution in [1.82, 2.24) is 4.90 Å². The lowest BCUT2D eigenvalue weighted by Crippen LogP contribution is -2.53. The largest absolute Gasteiger partial charge is 0.434 e. The maximum atomic E-state index is 12.8. The van der Waals surface area contributed by atoms with Gasteiger partial charge in [-0.1, -0.05) is 32.1 Å². The molecule has 1 saturated carbocycles. The van der Waals surface area contributed by atoms with E-state index < -0.39 is 18.4 Å². The molecular formula is C20H33NO5. The van der Waals surface area contributed by atoms with Gasteiger partial charge in [-0.25, -0.2) is 4.79 Å². The molecule has 2 saturated heterocycles. The number of nitrogens with zero attached hydrogens (tertiary/aromatic N) is 1. The first-order valence-electron chi connectivity index (χ1n) is 10.5. The molecule has 148 valence electrons. The maximum absolute atomic E-state index is 12.8. The monoisotopic (exact) mass is 367 g/mol. The summed E-state index contributed by atoms with van der Waals surface area (Å²) >= 11 is 0. The molecule has 0 bridgehead atoms. The number of rotatable bonds is 5. The fourth-order valence-electron chi connectivity index (χ4n) is 4.48. The number of aliphatic hydroxyl groups is 1. The molecule has 3 atom stereocenters. The number of ether oxygens (including phenoxy) is 2. The molecule has 3 fully saturated rings. The zero-order chi connectivity index (χ0) is 18.4. The fourth-order valence-corrected chi connectivity index (χ4v) is 4.48. The summed E-state index contributed by atoms with van der Waals surface area (Å²) in [5, 5.41) is 10.5. The number of aliphatic hydroxyl groups excluding tert-OH is 1. The molecule has 3 aliphatic rings. The summed E-state index contributed by atoms with van der Waals surface area (Å²) in [4.78, 5) is 27.0. The van der Waals surface area contributed by atoms with Gasteiger partial charge in [0.1, 0.15) is 12.1 Å². The van der Waals surface area contributed by atoms with E-state index in [1.807, 2.05) is 0 Å². The van der Waals surface area contributed by atoms with Crippen LogP contribution in [-0.4, -0.2) is 53.5 Å². The van der Waals surface area contributed by atoms with Crippen LogP contribution in [0, 0.1) is 5.92 Å². The van der Waals surface area contributed by atoms with Crippen LogP contribution in [0.5, 0.6) is 0 Å². The zero-order valence-corrected chi connectivity index (χ0v) is 15.7. The molecular weight excluding hydrogens is 334 g/mol. The van der Waals surface area contributed by atoms with Gasteiger partial charge in [-0.2, -0.15) is 0 Å². The molecule has 0 aromatic heterocycles. The molecule has 26 heavy (non-hydrogen) atoms. The lowest BCUT2D eigenvalue weighted by atomic mass is 9.85. The van der Waals surface area contributed by atoms with Crippen LogP contribution in [0.1, 0.15) is 77.0 Å². The molecule has 0 spiro atoms. The Hall–Kier alpha value is -1.14. The second kappa shape index (κ2) is 9.70. The van der Waals surface area contributed by atoms with Crippen LogP contribution in [0.3, 0.4) is 0 Å². The molecule has 1 N–H and O–H groups in total. The van der Waals surface area contributed by atoms with Gasteiger partial charge in [0.2, 0.25) is 6.29 Å². The topological polar surface area (TPSA) is 76.1 Å². The van der Waals surface area contributed by atoms with Crippen LogP contribution in [0.4, 0.5) is 0 Å². The van der Waals surface area contributed by atoms with Gasteiger partial charge in [0, 0.05) is 13.0 Å². The van der Waals surface area contributed by atoms with Crippen LogP contribution >= 0.6 is 0 Å². The number of hydrogen-bond donors (Lipinski definition) is 1. The summed E-state index contributed by atoms with van der Waals surface area (Å²) in [7, 11) is 0. The number of amides is 1. The molecule has 6 nitrogen and oxygen atoms in total. The first-order valence-corrected chi connectivity index (χ1v) is 10.5. The van der Waals surface area contributed by atoms with Gasteiger partial charge in [-0.05, 0) is 44.4 Å². The van der Waals surface area contributed by atoms with Gasteiger partial charge in [0.15, 0.2) is 0 Å². The second-order valence-electron chi connectivity index (χ2n) is 8.03. The zero-order valence-electron chi connectivity index (χ0n) is 15.7. The van der Waals surface area contributed by atoms with E-state index in [-0.39, 0.29) is 11.9 Å². The summed E-state index contributed by atoms with van der Waals surface area (Å²) in [5.74, 6) is -0.259. The Balaban J connectivity index is 1.55. The molecule has 1 unspecified atom stereocenters. The SMILES string of the molecule is O=C(OC1CCCCO1)[C@@H]1CCCCN1C(=O)[C@H](O)CC1CCCCC1. The van der Waals surface area contributed by atoms with Crippen LogP contribution in [0.2, 0.25) is 0 Å². The molecule has 1 amide bonds. The van der Waals surface area contributed by atoms with E-state index in [0.29, 0.717) is 31.9 Å². The van der Waals surface area contributed by atoms with E-state index in [9.17, 15) is 14.7 Å². The minimum Gasteiger partial charge on any atom is -0.434 e. The third kappa shape index (κ3) is 5.19. The highest BCUT2D eigenvalue weighted by atomic mass is 16.7. The number of carbonyl (C=O) groups is 2. The third-order valence-corrected chi connectivity index (χ3v) is 6.01. The summed E-state index contributed by atoms with van der Waals surface area (Å²) in [6.45, 7) is 1.14. The highest BCUT2D eigenvalue weighted by Crippen LogP contribution is 2.29. The van der Waals surface area contributed by atoms with Gasteiger partial charge in [-0.3, -0.25) is 4.79 Å². The van der Waals surface area contributed by atoms with Crippen molar-refractivity contribution in [2.24, 2.45) is 5.92 Å². The smallest absolute Gasteiger partial charge is 0.331 e. The van der Waals surface area contributed by atoms with Crippen molar-refractivity contribution < 1.29 is 24.2 Å². The Morgan fingerprint density at radius 1 is 1.00 bits per heavy atom. The van der Waals surface area contributed by atoms with Gasteiger partial charge in [0.25, 0.3) is 5.91 Å². The van der Waals surface area contributed by atoms with Crippen molar-refractivity contribution in [3.8, 4) is 0 Å². The van der Waals surface area contributed by atoms with Crippen molar-refractivity contribution in [3.05, 3.63) is 0 Å². The predicted molar refractivity (Wildman–Crippen MR) is 96.2 cm³/mol. The summed E-state index contributed by atoms with van der Waals surface area (Å²) < 4.78 is 11.0. The Bertz CT molecular complexity index is 471. The molecule has 3 rings (SSSR count). The summed E-state index contributed by atoms with van der Waals surface area (Å²) in [5.41, 5.74) is 0. The van der Waals surface area contributed by atoms with Crippen LogP contribution in [0.15, 0.2) is 0 Å². The Kier molecular flexibility index (Phi) is 7.32. The maximum Gasteiger partial charge on any atom is 0.331 e. The molecule has 2 aliphatic heterocycles. The highest BCUT2D eigenvalue weighted by molar-refractivity contribution is 5.87. The van der Waals surface area contributed by atoms with Crippen LogP contribution < -0.4 is 0 Å². The first kappa shape index (κ1) is 19.6. The van der Waals surface area contributed by atoms with E-state index in [4.69, 9.17) is 9.47 Å². The van der Waals surface area contributed by atoms with E-state index >= 15 is 0 Å². The lowest BCUT2D eigenvalue weighted by Gasteiger charge is -2.37. The number of carbonyl (C=O) groups excluding carboxylic acids is 2. The van der Waals surface area contributed by atoms with E-state index in [2.05, 4.69) is 0 Å². The van der Waals surface area contributed by atoms with E-state index in [1.54, 1.807) is 4.90 Å². The Labute approximate surface area is 156 Å². The van der Waals surface area contributed by atoms with Gasteiger partial charge in [0.05, 0.1) is 6.61 Å². The summed E-state index contributed by atoms with van der Waals surface area (Å²) in [6.07, 6.45) is 9.91. The van der Waals surface area contributed by atoms with Crippen LogP contribution in [0.25, 0.3) is 0 Å². The number of likely N-dealkylation sites (tertiary alicyclic amines) is 1. The van der Waals surface area contributed by atoms with Crippen molar-refractivity contribution in [1.29, 1.82) is 0 Å².